The largest absolute Gasteiger partial charge is 0.382 e. The van der Waals surface area contributed by atoms with E-state index in [2.05, 4.69) is 26.5 Å². The lowest BCUT2D eigenvalue weighted by atomic mass is 10.2. The highest BCUT2D eigenvalue weighted by molar-refractivity contribution is 6.00. The topological polar surface area (TPSA) is 103 Å². The third-order valence-corrected chi connectivity index (χ3v) is 2.15. The molecule has 0 aliphatic heterocycles. The van der Waals surface area contributed by atoms with Crippen LogP contribution in [0.2, 0.25) is 0 Å². The van der Waals surface area contributed by atoms with Gasteiger partial charge in [-0.3, -0.25) is 0 Å². The first kappa shape index (κ1) is 10.9. The van der Waals surface area contributed by atoms with Crippen molar-refractivity contribution in [2.24, 2.45) is 10.7 Å². The van der Waals surface area contributed by atoms with Crippen LogP contribution in [0.3, 0.4) is 0 Å². The Bertz CT molecular complexity index is 573. The second kappa shape index (κ2) is 4.48. The average Bonchev–Trinajstić information content (AvgIpc) is 2.76. The molecule has 0 aliphatic carbocycles. The Morgan fingerprint density at radius 3 is 2.76 bits per heavy atom. The third-order valence-electron chi connectivity index (χ3n) is 2.15. The van der Waals surface area contributed by atoms with Gasteiger partial charge in [0.25, 0.3) is 0 Å². The number of hydrogen-bond acceptors (Lipinski definition) is 5. The van der Waals surface area contributed by atoms with Gasteiger partial charge in [0.2, 0.25) is 0 Å². The number of rotatable bonds is 3. The standard InChI is InChI=1S/C11H11N5O/c1-2-7-5-3-4-6-8(7)14-10(12)9-11(13)16-17-15-9/h2-6H,1H2,(H2,12,14)(H2,13,16). The molecule has 0 saturated heterocycles. The summed E-state index contributed by atoms with van der Waals surface area (Å²) in [5.41, 5.74) is 13.1. The summed E-state index contributed by atoms with van der Waals surface area (Å²) >= 11 is 0. The van der Waals surface area contributed by atoms with Crippen molar-refractivity contribution in [2.75, 3.05) is 5.73 Å². The summed E-state index contributed by atoms with van der Waals surface area (Å²) in [5, 5.41) is 7.01. The molecule has 2 rings (SSSR count). The summed E-state index contributed by atoms with van der Waals surface area (Å²) in [6.45, 7) is 3.70. The van der Waals surface area contributed by atoms with Gasteiger partial charge in [-0.15, -0.1) is 0 Å². The first-order valence-corrected chi connectivity index (χ1v) is 4.86. The molecular weight excluding hydrogens is 218 g/mol. The monoisotopic (exact) mass is 229 g/mol. The number of nitrogens with zero attached hydrogens (tertiary/aromatic N) is 3. The predicted octanol–water partition coefficient (Wildman–Crippen LogP) is 1.33. The van der Waals surface area contributed by atoms with Crippen LogP contribution < -0.4 is 11.5 Å². The van der Waals surface area contributed by atoms with Gasteiger partial charge in [-0.05, 0) is 21.9 Å². The van der Waals surface area contributed by atoms with Crippen molar-refractivity contribution < 1.29 is 4.63 Å². The van der Waals surface area contributed by atoms with E-state index in [-0.39, 0.29) is 17.3 Å². The summed E-state index contributed by atoms with van der Waals surface area (Å²) in [6.07, 6.45) is 1.69. The Hall–Kier alpha value is -2.63. The molecule has 86 valence electrons. The zero-order chi connectivity index (χ0) is 12.3. The number of nitrogens with two attached hydrogens (primary N) is 2. The SMILES string of the molecule is C=Cc1ccccc1N=C(N)c1nonc1N. The van der Waals surface area contributed by atoms with Gasteiger partial charge < -0.3 is 11.5 Å². The van der Waals surface area contributed by atoms with Gasteiger partial charge in [-0.25, -0.2) is 9.62 Å². The van der Waals surface area contributed by atoms with E-state index in [4.69, 9.17) is 11.5 Å². The minimum Gasteiger partial charge on any atom is -0.382 e. The first-order valence-electron chi connectivity index (χ1n) is 4.86. The van der Waals surface area contributed by atoms with Gasteiger partial charge in [0.1, 0.15) is 0 Å². The predicted molar refractivity (Wildman–Crippen MR) is 65.6 cm³/mol. The van der Waals surface area contributed by atoms with E-state index >= 15 is 0 Å². The van der Waals surface area contributed by atoms with Crippen LogP contribution in [0.15, 0.2) is 40.5 Å². The van der Waals surface area contributed by atoms with Crippen molar-refractivity contribution >= 4 is 23.4 Å². The Kier molecular flexibility index (Phi) is 2.87. The van der Waals surface area contributed by atoms with Crippen molar-refractivity contribution in [2.45, 2.75) is 0 Å². The van der Waals surface area contributed by atoms with Gasteiger partial charge >= 0.3 is 0 Å². The molecule has 17 heavy (non-hydrogen) atoms. The number of nitrogen functional groups attached to an aromatic ring is 1. The number of amidine groups is 1. The average molecular weight is 229 g/mol. The number of hydrogen-bond donors (Lipinski definition) is 2. The van der Waals surface area contributed by atoms with E-state index in [1.807, 2.05) is 24.3 Å². The molecule has 0 saturated carbocycles. The molecule has 6 nitrogen and oxygen atoms in total. The van der Waals surface area contributed by atoms with E-state index in [0.29, 0.717) is 5.69 Å². The molecule has 1 aromatic carbocycles. The fourth-order valence-electron chi connectivity index (χ4n) is 1.32. The highest BCUT2D eigenvalue weighted by Gasteiger charge is 2.10. The van der Waals surface area contributed by atoms with Crippen LogP contribution in [-0.2, 0) is 0 Å². The number of aliphatic imine (C=N–C) groups is 1. The fraction of sp³-hybridized carbons (Fsp3) is 0. The van der Waals surface area contributed by atoms with Crippen LogP contribution in [0.5, 0.6) is 0 Å². The summed E-state index contributed by atoms with van der Waals surface area (Å²) in [4.78, 5) is 4.21. The van der Waals surface area contributed by atoms with E-state index in [9.17, 15) is 0 Å². The third kappa shape index (κ3) is 2.15. The van der Waals surface area contributed by atoms with Crippen LogP contribution in [0, 0.1) is 0 Å². The Labute approximate surface area is 97.6 Å². The molecule has 0 bridgehead atoms. The van der Waals surface area contributed by atoms with E-state index < -0.39 is 0 Å². The minimum absolute atomic E-state index is 0.113. The molecule has 0 spiro atoms. The molecule has 6 heteroatoms. The minimum atomic E-state index is 0.113. The van der Waals surface area contributed by atoms with Gasteiger partial charge in [-0.1, -0.05) is 30.9 Å². The maximum Gasteiger partial charge on any atom is 0.199 e. The lowest BCUT2D eigenvalue weighted by Crippen LogP contribution is -2.15. The van der Waals surface area contributed by atoms with Crippen LogP contribution in [0.4, 0.5) is 11.5 Å². The zero-order valence-corrected chi connectivity index (χ0v) is 9.00. The molecule has 0 radical (unpaired) electrons. The second-order valence-electron chi connectivity index (χ2n) is 3.26. The van der Waals surface area contributed by atoms with Crippen LogP contribution in [-0.4, -0.2) is 16.1 Å². The Morgan fingerprint density at radius 1 is 1.35 bits per heavy atom. The molecule has 2 aromatic rings. The van der Waals surface area contributed by atoms with E-state index in [1.54, 1.807) is 6.08 Å². The molecule has 0 unspecified atom stereocenters. The highest BCUT2D eigenvalue weighted by atomic mass is 16.6. The van der Waals surface area contributed by atoms with E-state index in [1.165, 1.54) is 0 Å². The summed E-state index contributed by atoms with van der Waals surface area (Å²) in [7, 11) is 0. The van der Waals surface area contributed by atoms with Crippen LogP contribution >= 0.6 is 0 Å². The van der Waals surface area contributed by atoms with Crippen LogP contribution in [0.25, 0.3) is 6.08 Å². The molecule has 0 aliphatic rings. The number of aromatic nitrogens is 2. The maximum absolute atomic E-state index is 5.77. The smallest absolute Gasteiger partial charge is 0.199 e. The summed E-state index contributed by atoms with van der Waals surface area (Å²) < 4.78 is 4.45. The molecule has 0 atom stereocenters. The summed E-state index contributed by atoms with van der Waals surface area (Å²) in [6, 6.07) is 7.43. The lowest BCUT2D eigenvalue weighted by molar-refractivity contribution is 0.308. The van der Waals surface area contributed by atoms with Crippen molar-refractivity contribution in [3.8, 4) is 0 Å². The number of para-hydroxylation sites is 1. The Morgan fingerprint density at radius 2 is 2.12 bits per heavy atom. The quantitative estimate of drug-likeness (QED) is 0.610. The van der Waals surface area contributed by atoms with Crippen molar-refractivity contribution in [3.63, 3.8) is 0 Å². The maximum atomic E-state index is 5.77. The highest BCUT2D eigenvalue weighted by Crippen LogP contribution is 2.20. The van der Waals surface area contributed by atoms with Gasteiger partial charge in [0.05, 0.1) is 5.69 Å². The van der Waals surface area contributed by atoms with Crippen molar-refractivity contribution in [1.29, 1.82) is 0 Å². The molecule has 1 aromatic heterocycles. The summed E-state index contributed by atoms with van der Waals surface area (Å²) in [5.74, 6) is 0.264. The zero-order valence-electron chi connectivity index (χ0n) is 9.00. The van der Waals surface area contributed by atoms with Gasteiger partial charge in [0.15, 0.2) is 17.3 Å². The number of benzene rings is 1. The molecule has 1 heterocycles. The molecular formula is C11H11N5O. The lowest BCUT2D eigenvalue weighted by Gasteiger charge is -2.01. The van der Waals surface area contributed by atoms with Gasteiger partial charge in [0, 0.05) is 0 Å². The number of anilines is 1. The Balaban J connectivity index is 2.43. The normalized spacial score (nSPS) is 11.4. The molecule has 4 N–H and O–H groups in total. The second-order valence-corrected chi connectivity index (χ2v) is 3.26. The first-order chi connectivity index (χ1) is 8.22. The molecule has 0 fully saturated rings. The molecule has 0 amide bonds. The fourth-order valence-corrected chi connectivity index (χ4v) is 1.32. The van der Waals surface area contributed by atoms with Crippen LogP contribution in [0.1, 0.15) is 11.3 Å². The van der Waals surface area contributed by atoms with Crippen molar-refractivity contribution in [3.05, 3.63) is 42.1 Å². The van der Waals surface area contributed by atoms with Gasteiger partial charge in [-0.2, -0.15) is 0 Å². The van der Waals surface area contributed by atoms with Crippen molar-refractivity contribution in [1.82, 2.24) is 10.3 Å². The van der Waals surface area contributed by atoms with E-state index in [0.717, 1.165) is 5.56 Å².